The first-order chi connectivity index (χ1) is 15.1. The van der Waals surface area contributed by atoms with Crippen LogP contribution in [0.25, 0.3) is 5.52 Å². The summed E-state index contributed by atoms with van der Waals surface area (Å²) in [5.41, 5.74) is 4.08. The second-order valence-electron chi connectivity index (χ2n) is 6.62. The number of aromatic nitrogens is 1. The maximum absolute atomic E-state index is 12.0. The van der Waals surface area contributed by atoms with Crippen LogP contribution in [0.2, 0.25) is 0 Å². The summed E-state index contributed by atoms with van der Waals surface area (Å²) in [6.45, 7) is 2.06. The number of anilines is 1. The fourth-order valence-electron chi connectivity index (χ4n) is 3.33. The van der Waals surface area contributed by atoms with Gasteiger partial charge >= 0.3 is 5.97 Å². The summed E-state index contributed by atoms with van der Waals surface area (Å²) in [6, 6.07) is 15.4. The third-order valence-electron chi connectivity index (χ3n) is 4.69. The fourth-order valence-corrected chi connectivity index (χ4v) is 4.28. The van der Waals surface area contributed by atoms with Crippen LogP contribution in [-0.2, 0) is 9.53 Å². The van der Waals surface area contributed by atoms with Crippen LogP contribution in [0, 0.1) is 11.3 Å². The number of thioether (sulfide) groups is 1. The third-order valence-corrected chi connectivity index (χ3v) is 5.70. The summed E-state index contributed by atoms with van der Waals surface area (Å²) in [4.78, 5) is 16.9. The normalized spacial score (nSPS) is 15.8. The van der Waals surface area contributed by atoms with Gasteiger partial charge in [-0.25, -0.2) is 9.79 Å². The van der Waals surface area contributed by atoms with Gasteiger partial charge in [0.05, 0.1) is 30.6 Å². The Morgan fingerprint density at radius 1 is 1.32 bits per heavy atom. The lowest BCUT2D eigenvalue weighted by atomic mass is 10.2. The molecular weight excluding hydrogens is 412 g/mol. The van der Waals surface area contributed by atoms with Gasteiger partial charge in [-0.1, -0.05) is 17.8 Å². The first-order valence-corrected chi connectivity index (χ1v) is 10.7. The maximum Gasteiger partial charge on any atom is 0.332 e. The van der Waals surface area contributed by atoms with Gasteiger partial charge in [0.15, 0.2) is 0 Å². The molecule has 3 aromatic rings. The number of fused-ring (bicyclic) bond motifs is 3. The molecule has 3 heterocycles. The topological polar surface area (TPSA) is 88.1 Å². The summed E-state index contributed by atoms with van der Waals surface area (Å²) in [5.74, 6) is 0.798. The van der Waals surface area contributed by atoms with Crippen molar-refractivity contribution in [3.8, 4) is 11.8 Å². The highest BCUT2D eigenvalue weighted by atomic mass is 32.2. The van der Waals surface area contributed by atoms with Crippen molar-refractivity contribution in [1.29, 1.82) is 5.26 Å². The van der Waals surface area contributed by atoms with Gasteiger partial charge in [0.1, 0.15) is 28.1 Å². The summed E-state index contributed by atoms with van der Waals surface area (Å²) in [7, 11) is 1.62. The van der Waals surface area contributed by atoms with Crippen molar-refractivity contribution >= 4 is 39.7 Å². The zero-order valence-corrected chi connectivity index (χ0v) is 17.9. The van der Waals surface area contributed by atoms with E-state index in [-0.39, 0.29) is 0 Å². The van der Waals surface area contributed by atoms with Gasteiger partial charge in [0.2, 0.25) is 0 Å². The van der Waals surface area contributed by atoms with Crippen LogP contribution >= 0.6 is 11.8 Å². The van der Waals surface area contributed by atoms with E-state index in [0.717, 1.165) is 27.7 Å². The van der Waals surface area contributed by atoms with E-state index in [9.17, 15) is 10.1 Å². The molecule has 0 radical (unpaired) electrons. The SMILES string of the molecule is CCOC(=O)/C=C1/CSC(=Nc2ccc(OC)cc2)c2c(c(C#N)c3ccccn23)N1. The molecule has 156 valence electrons. The number of rotatable bonds is 4. The number of ether oxygens (including phenoxy) is 2. The minimum atomic E-state index is -0.426. The Morgan fingerprint density at radius 2 is 2.13 bits per heavy atom. The number of nitriles is 1. The zero-order chi connectivity index (χ0) is 21.8. The predicted molar refractivity (Wildman–Crippen MR) is 122 cm³/mol. The van der Waals surface area contributed by atoms with Crippen LogP contribution in [0.3, 0.4) is 0 Å². The lowest BCUT2D eigenvalue weighted by Crippen LogP contribution is -2.07. The average Bonchev–Trinajstić information content (AvgIpc) is 2.99. The van der Waals surface area contributed by atoms with Crippen molar-refractivity contribution in [1.82, 2.24) is 4.40 Å². The molecule has 1 aliphatic rings. The Bertz CT molecular complexity index is 1240. The van der Waals surface area contributed by atoms with E-state index in [1.807, 2.05) is 53.1 Å². The lowest BCUT2D eigenvalue weighted by molar-refractivity contribution is -0.137. The highest BCUT2D eigenvalue weighted by molar-refractivity contribution is 8.14. The molecule has 0 fully saturated rings. The first kappa shape index (κ1) is 20.6. The highest BCUT2D eigenvalue weighted by Gasteiger charge is 2.26. The number of hydrogen-bond acceptors (Lipinski definition) is 7. The molecule has 1 aromatic carbocycles. The Balaban J connectivity index is 1.88. The molecule has 8 heteroatoms. The zero-order valence-electron chi connectivity index (χ0n) is 17.1. The molecule has 0 atom stereocenters. The van der Waals surface area contributed by atoms with E-state index in [0.29, 0.717) is 29.3 Å². The Morgan fingerprint density at radius 3 is 2.84 bits per heavy atom. The highest BCUT2D eigenvalue weighted by Crippen LogP contribution is 2.37. The van der Waals surface area contributed by atoms with Crippen molar-refractivity contribution in [2.45, 2.75) is 6.92 Å². The predicted octanol–water partition coefficient (Wildman–Crippen LogP) is 4.50. The Kier molecular flexibility index (Phi) is 5.96. The molecule has 2 aromatic heterocycles. The molecule has 31 heavy (non-hydrogen) atoms. The van der Waals surface area contributed by atoms with Crippen molar-refractivity contribution in [2.75, 3.05) is 24.8 Å². The number of aliphatic imine (C=N–C) groups is 1. The van der Waals surface area contributed by atoms with Crippen LogP contribution in [-0.4, -0.2) is 34.9 Å². The Labute approximate surface area is 184 Å². The Hall–Kier alpha value is -3.70. The summed E-state index contributed by atoms with van der Waals surface area (Å²) in [5, 5.41) is 13.9. The van der Waals surface area contributed by atoms with E-state index in [4.69, 9.17) is 14.5 Å². The van der Waals surface area contributed by atoms with Crippen LogP contribution in [0.1, 0.15) is 18.2 Å². The number of nitrogens with zero attached hydrogens (tertiary/aromatic N) is 3. The second-order valence-corrected chi connectivity index (χ2v) is 7.58. The van der Waals surface area contributed by atoms with Gasteiger partial charge in [0, 0.05) is 23.7 Å². The van der Waals surface area contributed by atoms with Crippen LogP contribution < -0.4 is 10.1 Å². The lowest BCUT2D eigenvalue weighted by Gasteiger charge is -2.06. The van der Waals surface area contributed by atoms with Gasteiger partial charge in [-0.15, -0.1) is 0 Å². The minimum absolute atomic E-state index is 0.296. The van der Waals surface area contributed by atoms with Gasteiger partial charge in [-0.05, 0) is 43.3 Å². The average molecular weight is 433 g/mol. The van der Waals surface area contributed by atoms with Gasteiger partial charge in [-0.2, -0.15) is 5.26 Å². The van der Waals surface area contributed by atoms with E-state index >= 15 is 0 Å². The van der Waals surface area contributed by atoms with Crippen molar-refractivity contribution in [2.24, 2.45) is 4.99 Å². The molecule has 0 saturated heterocycles. The molecule has 0 saturated carbocycles. The quantitative estimate of drug-likeness (QED) is 0.482. The van der Waals surface area contributed by atoms with E-state index in [2.05, 4.69) is 11.4 Å². The van der Waals surface area contributed by atoms with Crippen molar-refractivity contribution in [3.05, 3.63) is 71.7 Å². The first-order valence-electron chi connectivity index (χ1n) is 9.68. The summed E-state index contributed by atoms with van der Waals surface area (Å²) < 4.78 is 12.2. The molecule has 0 amide bonds. The maximum atomic E-state index is 12.0. The standard InChI is InChI=1S/C23H20N4O3S/c1-3-30-20(28)12-16-14-31-23(26-15-7-9-17(29-2)10-8-15)22-21(25-16)18(13-24)19-6-4-5-11-27(19)22/h4-12,25H,3,14H2,1-2H3/b16-12-,26-23?. The molecule has 7 nitrogen and oxygen atoms in total. The van der Waals surface area contributed by atoms with Crippen LogP contribution in [0.4, 0.5) is 11.4 Å². The number of carbonyl (C=O) groups excluding carboxylic acids is 1. The van der Waals surface area contributed by atoms with Gasteiger partial charge in [-0.3, -0.25) is 0 Å². The largest absolute Gasteiger partial charge is 0.497 e. The fraction of sp³-hybridized carbons (Fsp3) is 0.174. The number of hydrogen-bond donors (Lipinski definition) is 1. The molecule has 0 spiro atoms. The molecule has 1 N–H and O–H groups in total. The number of esters is 1. The molecule has 0 unspecified atom stereocenters. The third kappa shape index (κ3) is 4.13. The van der Waals surface area contributed by atoms with Gasteiger partial charge < -0.3 is 19.2 Å². The van der Waals surface area contributed by atoms with E-state index < -0.39 is 5.97 Å². The monoisotopic (exact) mass is 432 g/mol. The molecular formula is C23H20N4O3S. The van der Waals surface area contributed by atoms with E-state index in [1.165, 1.54) is 17.8 Å². The summed E-state index contributed by atoms with van der Waals surface area (Å²) in [6.07, 6.45) is 3.33. The number of nitrogens with one attached hydrogen (secondary N) is 1. The second kappa shape index (κ2) is 8.98. The number of pyridine rings is 1. The van der Waals surface area contributed by atoms with Crippen LogP contribution in [0.5, 0.6) is 5.75 Å². The smallest absolute Gasteiger partial charge is 0.332 e. The van der Waals surface area contributed by atoms with Crippen molar-refractivity contribution < 1.29 is 14.3 Å². The van der Waals surface area contributed by atoms with Gasteiger partial charge in [0.25, 0.3) is 0 Å². The molecule has 0 bridgehead atoms. The number of methoxy groups -OCH3 is 1. The number of carbonyl (C=O) groups is 1. The van der Waals surface area contributed by atoms with Crippen molar-refractivity contribution in [3.63, 3.8) is 0 Å². The molecule has 4 rings (SSSR count). The molecule has 0 aliphatic carbocycles. The van der Waals surface area contributed by atoms with Crippen LogP contribution in [0.15, 0.2) is 65.4 Å². The van der Waals surface area contributed by atoms with E-state index in [1.54, 1.807) is 14.0 Å². The summed E-state index contributed by atoms with van der Waals surface area (Å²) >= 11 is 1.49. The molecule has 1 aliphatic heterocycles. The minimum Gasteiger partial charge on any atom is -0.497 e. The number of benzene rings is 1.